The zero-order valence-corrected chi connectivity index (χ0v) is 16.0. The molecule has 0 radical (unpaired) electrons. The summed E-state index contributed by atoms with van der Waals surface area (Å²) in [6.45, 7) is 2.03. The van der Waals surface area contributed by atoms with E-state index in [0.717, 1.165) is 6.20 Å². The van der Waals surface area contributed by atoms with Crippen LogP contribution in [-0.2, 0) is 0 Å². The highest BCUT2D eigenvalue weighted by Crippen LogP contribution is 2.40. The predicted octanol–water partition coefficient (Wildman–Crippen LogP) is 2.46. The van der Waals surface area contributed by atoms with Gasteiger partial charge in [-0.1, -0.05) is 0 Å². The predicted molar refractivity (Wildman–Crippen MR) is 104 cm³/mol. The van der Waals surface area contributed by atoms with Crippen molar-refractivity contribution in [3.8, 4) is 5.88 Å². The summed E-state index contributed by atoms with van der Waals surface area (Å²) in [5.74, 6) is 0.155. The van der Waals surface area contributed by atoms with E-state index in [1.165, 1.54) is 16.8 Å². The van der Waals surface area contributed by atoms with Gasteiger partial charge in [0, 0.05) is 18.2 Å². The molecule has 0 unspecified atom stereocenters. The Kier molecular flexibility index (Phi) is 4.37. The third-order valence-electron chi connectivity index (χ3n) is 5.21. The summed E-state index contributed by atoms with van der Waals surface area (Å²) >= 11 is 0. The number of hydrogen-bond acceptors (Lipinski definition) is 6. The highest BCUT2D eigenvalue weighted by molar-refractivity contribution is 5.93. The molecular weight excluding hydrogens is 396 g/mol. The molecule has 156 valence electrons. The van der Waals surface area contributed by atoms with Crippen LogP contribution in [0.1, 0.15) is 24.9 Å². The zero-order valence-electron chi connectivity index (χ0n) is 16.0. The minimum Gasteiger partial charge on any atom is -0.473 e. The molecule has 3 aromatic rings. The second kappa shape index (κ2) is 7.08. The third kappa shape index (κ3) is 3.25. The maximum atomic E-state index is 14.5. The second-order valence-electron chi connectivity index (χ2n) is 7.42. The highest BCUT2D eigenvalue weighted by Gasteiger charge is 2.37. The summed E-state index contributed by atoms with van der Waals surface area (Å²) in [7, 11) is 0. The van der Waals surface area contributed by atoms with Crippen molar-refractivity contribution in [2.24, 2.45) is 0 Å². The van der Waals surface area contributed by atoms with Crippen molar-refractivity contribution < 1.29 is 18.3 Å². The number of fused-ring (bicyclic) bond motifs is 5. The Bertz CT molecular complexity index is 1120. The number of hydrogen-bond donors (Lipinski definition) is 2. The number of nitrogens with zero attached hydrogens (tertiary/aromatic N) is 5. The molecule has 3 aromatic heterocycles. The Labute approximate surface area is 170 Å². The SMILES string of the molecule is C[C@H]1CNC(=O)Nc2cnn3ccc(nc23)N2C[C@@H](F)C[C@@H]2c2cc(F)cnc2O1. The number of ether oxygens (including phenoxy) is 1. The summed E-state index contributed by atoms with van der Waals surface area (Å²) < 4.78 is 36.0. The number of carbonyl (C=O) groups is 1. The van der Waals surface area contributed by atoms with Gasteiger partial charge in [0.1, 0.15) is 29.6 Å². The van der Waals surface area contributed by atoms with Gasteiger partial charge in [0.05, 0.1) is 31.5 Å². The molecule has 1 fully saturated rings. The van der Waals surface area contributed by atoms with Crippen molar-refractivity contribution in [3.05, 3.63) is 42.1 Å². The quantitative estimate of drug-likeness (QED) is 0.586. The van der Waals surface area contributed by atoms with Gasteiger partial charge in [-0.15, -0.1) is 0 Å². The van der Waals surface area contributed by atoms with Crippen LogP contribution in [0.4, 0.5) is 25.1 Å². The van der Waals surface area contributed by atoms with Crippen molar-refractivity contribution >= 4 is 23.2 Å². The van der Waals surface area contributed by atoms with Crippen molar-refractivity contribution in [2.75, 3.05) is 23.3 Å². The van der Waals surface area contributed by atoms with E-state index in [-0.39, 0.29) is 25.4 Å². The molecule has 0 aliphatic carbocycles. The molecule has 0 spiro atoms. The molecule has 2 N–H and O–H groups in total. The second-order valence-corrected chi connectivity index (χ2v) is 7.42. The molecule has 5 heterocycles. The topological polar surface area (TPSA) is 96.7 Å². The molecule has 30 heavy (non-hydrogen) atoms. The highest BCUT2D eigenvalue weighted by atomic mass is 19.1. The Morgan fingerprint density at radius 1 is 1.33 bits per heavy atom. The lowest BCUT2D eigenvalue weighted by molar-refractivity contribution is 0.202. The summed E-state index contributed by atoms with van der Waals surface area (Å²) in [5, 5.41) is 9.61. The van der Waals surface area contributed by atoms with Gasteiger partial charge >= 0.3 is 6.03 Å². The van der Waals surface area contributed by atoms with E-state index >= 15 is 0 Å². The van der Waals surface area contributed by atoms with Crippen LogP contribution in [-0.4, -0.2) is 51.0 Å². The Morgan fingerprint density at radius 3 is 3.07 bits per heavy atom. The molecule has 9 nitrogen and oxygen atoms in total. The van der Waals surface area contributed by atoms with Crippen LogP contribution >= 0.6 is 0 Å². The van der Waals surface area contributed by atoms with Crippen molar-refractivity contribution in [2.45, 2.75) is 31.7 Å². The first kappa shape index (κ1) is 18.5. The molecule has 0 saturated carbocycles. The molecule has 1 saturated heterocycles. The maximum Gasteiger partial charge on any atom is 0.319 e. The first-order valence-electron chi connectivity index (χ1n) is 9.60. The van der Waals surface area contributed by atoms with Crippen molar-refractivity contribution in [3.63, 3.8) is 0 Å². The number of amides is 2. The van der Waals surface area contributed by atoms with Crippen LogP contribution in [0.5, 0.6) is 5.88 Å². The van der Waals surface area contributed by atoms with E-state index in [1.807, 2.05) is 0 Å². The molecular formula is C19H19F2N7O2. The number of anilines is 2. The summed E-state index contributed by atoms with van der Waals surface area (Å²) in [6.07, 6.45) is 2.81. The van der Waals surface area contributed by atoms with E-state index in [1.54, 1.807) is 24.1 Å². The Balaban J connectivity index is 1.67. The average Bonchev–Trinajstić information content (AvgIpc) is 3.30. The zero-order chi connectivity index (χ0) is 20.8. The maximum absolute atomic E-state index is 14.5. The number of urea groups is 1. The molecule has 2 amide bonds. The van der Waals surface area contributed by atoms with E-state index < -0.39 is 30.2 Å². The fourth-order valence-electron chi connectivity index (χ4n) is 3.85. The number of alkyl halides is 1. The van der Waals surface area contributed by atoms with Gasteiger partial charge in [0.15, 0.2) is 5.65 Å². The number of nitrogens with one attached hydrogen (secondary N) is 2. The lowest BCUT2D eigenvalue weighted by Crippen LogP contribution is -2.37. The average molecular weight is 415 g/mol. The lowest BCUT2D eigenvalue weighted by atomic mass is 10.1. The van der Waals surface area contributed by atoms with Gasteiger partial charge in [0.2, 0.25) is 5.88 Å². The number of rotatable bonds is 0. The largest absolute Gasteiger partial charge is 0.473 e. The number of halogens is 2. The van der Waals surface area contributed by atoms with Gasteiger partial charge in [-0.25, -0.2) is 28.1 Å². The van der Waals surface area contributed by atoms with E-state index in [9.17, 15) is 13.6 Å². The molecule has 11 heteroatoms. The normalized spacial score (nSPS) is 23.9. The first-order chi connectivity index (χ1) is 14.5. The smallest absolute Gasteiger partial charge is 0.319 e. The van der Waals surface area contributed by atoms with Crippen molar-refractivity contribution in [1.29, 1.82) is 0 Å². The first-order valence-corrected chi connectivity index (χ1v) is 9.60. The van der Waals surface area contributed by atoms with Gasteiger partial charge in [-0.2, -0.15) is 5.10 Å². The number of carbonyl (C=O) groups excluding carboxylic acids is 1. The molecule has 3 atom stereocenters. The van der Waals surface area contributed by atoms with Crippen LogP contribution < -0.4 is 20.3 Å². The summed E-state index contributed by atoms with van der Waals surface area (Å²) in [6, 6.07) is 2.08. The van der Waals surface area contributed by atoms with Crippen molar-refractivity contribution in [1.82, 2.24) is 24.9 Å². The fourth-order valence-corrected chi connectivity index (χ4v) is 3.85. The molecule has 5 rings (SSSR count). The molecule has 0 aromatic carbocycles. The van der Waals surface area contributed by atoms with Gasteiger partial charge in [0.25, 0.3) is 0 Å². The minimum absolute atomic E-state index is 0.0940. The number of aromatic nitrogens is 4. The molecule has 2 aliphatic rings. The standard InChI is InChI=1S/C19H19F2N7O2/c1-10-6-23-19(29)25-14-8-24-28-3-2-16(26-17(14)28)27-9-12(21)5-15(27)13-4-11(20)7-22-18(13)30-10/h2-4,7-8,10,12,15H,5-6,9H2,1H3,(H2,23,25,29)/t10-,12-,15+/m0/s1. The number of pyridine rings is 1. The van der Waals surface area contributed by atoms with E-state index in [0.29, 0.717) is 22.7 Å². The lowest BCUT2D eigenvalue weighted by Gasteiger charge is -2.27. The van der Waals surface area contributed by atoms with Gasteiger partial charge < -0.3 is 20.3 Å². The Hall–Kier alpha value is -3.50. The van der Waals surface area contributed by atoms with Crippen LogP contribution in [0, 0.1) is 5.82 Å². The van der Waals surface area contributed by atoms with Crippen LogP contribution in [0.3, 0.4) is 0 Å². The van der Waals surface area contributed by atoms with Gasteiger partial charge in [-0.05, 0) is 19.1 Å². The van der Waals surface area contributed by atoms with Crippen LogP contribution in [0.15, 0.2) is 30.7 Å². The fraction of sp³-hybridized carbons (Fsp3) is 0.368. The minimum atomic E-state index is -1.12. The van der Waals surface area contributed by atoms with Gasteiger partial charge in [-0.3, -0.25) is 0 Å². The van der Waals surface area contributed by atoms with E-state index in [2.05, 4.69) is 25.7 Å². The Morgan fingerprint density at radius 2 is 2.20 bits per heavy atom. The summed E-state index contributed by atoms with van der Waals surface area (Å²) in [5.41, 5.74) is 1.28. The monoisotopic (exact) mass is 415 g/mol. The van der Waals surface area contributed by atoms with E-state index in [4.69, 9.17) is 4.74 Å². The molecule has 2 aliphatic heterocycles. The van der Waals surface area contributed by atoms with Crippen LogP contribution in [0.25, 0.3) is 5.65 Å². The summed E-state index contributed by atoms with van der Waals surface area (Å²) in [4.78, 5) is 22.7. The molecule has 2 bridgehead atoms. The van der Waals surface area contributed by atoms with Crippen LogP contribution in [0.2, 0.25) is 0 Å². The third-order valence-corrected chi connectivity index (χ3v) is 5.21.